The fourth-order valence-corrected chi connectivity index (χ4v) is 3.65. The van der Waals surface area contributed by atoms with Gasteiger partial charge in [0.05, 0.1) is 5.92 Å². The van der Waals surface area contributed by atoms with Crippen LogP contribution in [-0.2, 0) is 16.0 Å². The van der Waals surface area contributed by atoms with E-state index >= 15 is 0 Å². The van der Waals surface area contributed by atoms with E-state index in [2.05, 4.69) is 26.8 Å². The van der Waals surface area contributed by atoms with E-state index in [1.165, 1.54) is 5.56 Å². The summed E-state index contributed by atoms with van der Waals surface area (Å²) in [4.78, 5) is 28.8. The van der Waals surface area contributed by atoms with Crippen molar-refractivity contribution in [3.8, 4) is 0 Å². The normalized spacial score (nSPS) is 24.3. The van der Waals surface area contributed by atoms with Crippen LogP contribution in [0, 0.1) is 11.8 Å². The maximum absolute atomic E-state index is 12.9. The van der Waals surface area contributed by atoms with E-state index in [9.17, 15) is 9.59 Å². The third-order valence-corrected chi connectivity index (χ3v) is 4.59. The zero-order chi connectivity index (χ0) is 15.9. The first-order valence-corrected chi connectivity index (χ1v) is 8.16. The number of benzene rings is 1. The molecule has 0 N–H and O–H groups in total. The molecule has 1 aromatic rings. The van der Waals surface area contributed by atoms with Gasteiger partial charge >= 0.3 is 0 Å². The maximum atomic E-state index is 12.9. The van der Waals surface area contributed by atoms with E-state index in [0.717, 1.165) is 18.7 Å². The lowest BCUT2D eigenvalue weighted by molar-refractivity contribution is -0.128. The average Bonchev–Trinajstić information content (AvgIpc) is 2.97. The molecular formula is C18H24N2O2. The van der Waals surface area contributed by atoms with E-state index in [4.69, 9.17) is 0 Å². The van der Waals surface area contributed by atoms with Gasteiger partial charge < -0.3 is 9.80 Å². The summed E-state index contributed by atoms with van der Waals surface area (Å²) in [5.41, 5.74) is 2.25. The molecule has 2 atom stereocenters. The van der Waals surface area contributed by atoms with Crippen molar-refractivity contribution in [3.63, 3.8) is 0 Å². The number of anilines is 1. The van der Waals surface area contributed by atoms with Gasteiger partial charge in [-0.2, -0.15) is 0 Å². The quantitative estimate of drug-likeness (QED) is 0.860. The molecule has 1 saturated heterocycles. The van der Waals surface area contributed by atoms with Gasteiger partial charge in [0.2, 0.25) is 11.8 Å². The highest BCUT2D eigenvalue weighted by molar-refractivity contribution is 6.01. The second-order valence-corrected chi connectivity index (χ2v) is 6.98. The van der Waals surface area contributed by atoms with Crippen molar-refractivity contribution in [1.29, 1.82) is 0 Å². The zero-order valence-corrected chi connectivity index (χ0v) is 13.6. The molecule has 0 spiro atoms. The Morgan fingerprint density at radius 2 is 2.00 bits per heavy atom. The molecule has 118 valence electrons. The zero-order valence-electron chi connectivity index (χ0n) is 13.6. The van der Waals surface area contributed by atoms with Crippen molar-refractivity contribution in [2.24, 2.45) is 11.8 Å². The number of carbonyl (C=O) groups is 2. The molecule has 4 nitrogen and oxygen atoms in total. The Hall–Kier alpha value is -1.84. The number of rotatable bonds is 3. The first-order valence-electron chi connectivity index (χ1n) is 8.16. The van der Waals surface area contributed by atoms with Gasteiger partial charge in [-0.15, -0.1) is 0 Å². The van der Waals surface area contributed by atoms with Gasteiger partial charge in [-0.05, 0) is 30.9 Å². The van der Waals surface area contributed by atoms with Gasteiger partial charge in [0.15, 0.2) is 0 Å². The Kier molecular flexibility index (Phi) is 3.94. The summed E-state index contributed by atoms with van der Waals surface area (Å²) in [6.45, 7) is 7.60. The molecule has 3 rings (SSSR count). The van der Waals surface area contributed by atoms with E-state index in [1.807, 2.05) is 28.0 Å². The van der Waals surface area contributed by atoms with Crippen LogP contribution in [0.25, 0.3) is 0 Å². The molecule has 2 aliphatic heterocycles. The smallest absolute Gasteiger partial charge is 0.232 e. The summed E-state index contributed by atoms with van der Waals surface area (Å²) in [6.07, 6.45) is 1.26. The van der Waals surface area contributed by atoms with Gasteiger partial charge in [0, 0.05) is 31.2 Å². The molecule has 4 heteroatoms. The van der Waals surface area contributed by atoms with Crippen molar-refractivity contribution in [2.45, 2.75) is 39.7 Å². The van der Waals surface area contributed by atoms with Crippen molar-refractivity contribution >= 4 is 17.5 Å². The summed E-state index contributed by atoms with van der Waals surface area (Å²) in [5.74, 6) is 0.466. The lowest BCUT2D eigenvalue weighted by Crippen LogP contribution is -2.41. The summed E-state index contributed by atoms with van der Waals surface area (Å²) in [5, 5.41) is 0. The minimum absolute atomic E-state index is 0.108. The summed E-state index contributed by atoms with van der Waals surface area (Å²) >= 11 is 0. The van der Waals surface area contributed by atoms with Gasteiger partial charge in [0.25, 0.3) is 0 Å². The third kappa shape index (κ3) is 2.62. The number of likely N-dealkylation sites (tertiary alicyclic amines) is 1. The first-order chi connectivity index (χ1) is 10.5. The highest BCUT2D eigenvalue weighted by Crippen LogP contribution is 2.34. The van der Waals surface area contributed by atoms with Crippen LogP contribution in [0.1, 0.15) is 32.8 Å². The average molecular weight is 300 g/mol. The van der Waals surface area contributed by atoms with Gasteiger partial charge in [-0.3, -0.25) is 9.59 Å². The predicted molar refractivity (Wildman–Crippen MR) is 86.6 cm³/mol. The van der Waals surface area contributed by atoms with Crippen LogP contribution in [0.5, 0.6) is 0 Å². The van der Waals surface area contributed by atoms with E-state index in [-0.39, 0.29) is 23.8 Å². The lowest BCUT2D eigenvalue weighted by atomic mass is 10.1. The van der Waals surface area contributed by atoms with Gasteiger partial charge in [-0.1, -0.05) is 32.0 Å². The fraction of sp³-hybridized carbons (Fsp3) is 0.556. The Labute approximate surface area is 132 Å². The van der Waals surface area contributed by atoms with Crippen LogP contribution < -0.4 is 4.90 Å². The molecule has 0 saturated carbocycles. The van der Waals surface area contributed by atoms with Crippen molar-refractivity contribution < 1.29 is 9.59 Å². The summed E-state index contributed by atoms with van der Waals surface area (Å²) < 4.78 is 0. The number of para-hydroxylation sites is 1. The highest BCUT2D eigenvalue weighted by atomic mass is 16.2. The van der Waals surface area contributed by atoms with Crippen LogP contribution in [0.4, 0.5) is 5.69 Å². The standard InChI is InChI=1S/C18H24N2O2/c1-12(2)10-19-11-15(9-17(19)21)18(22)20-13(3)8-14-6-4-5-7-16(14)20/h4-7,12-13,15H,8-11H2,1-3H3. The Morgan fingerprint density at radius 3 is 2.73 bits per heavy atom. The monoisotopic (exact) mass is 300 g/mol. The van der Waals surface area contributed by atoms with Crippen molar-refractivity contribution in [2.75, 3.05) is 18.0 Å². The second kappa shape index (κ2) is 5.75. The molecule has 2 heterocycles. The molecule has 1 fully saturated rings. The number of hydrogen-bond acceptors (Lipinski definition) is 2. The largest absolute Gasteiger partial charge is 0.342 e. The molecular weight excluding hydrogens is 276 g/mol. The number of carbonyl (C=O) groups excluding carboxylic acids is 2. The number of fused-ring (bicyclic) bond motifs is 1. The maximum Gasteiger partial charge on any atom is 0.232 e. The van der Waals surface area contributed by atoms with Crippen LogP contribution >= 0.6 is 0 Å². The molecule has 22 heavy (non-hydrogen) atoms. The molecule has 0 aromatic heterocycles. The number of amides is 2. The van der Waals surface area contributed by atoms with Crippen LogP contribution in [0.3, 0.4) is 0 Å². The minimum atomic E-state index is -0.195. The molecule has 2 amide bonds. The highest BCUT2D eigenvalue weighted by Gasteiger charge is 2.40. The molecule has 2 aliphatic rings. The Bertz CT molecular complexity index is 597. The van der Waals surface area contributed by atoms with Gasteiger partial charge in [0.1, 0.15) is 0 Å². The van der Waals surface area contributed by atoms with E-state index < -0.39 is 0 Å². The summed E-state index contributed by atoms with van der Waals surface area (Å²) in [7, 11) is 0. The minimum Gasteiger partial charge on any atom is -0.342 e. The third-order valence-electron chi connectivity index (χ3n) is 4.59. The van der Waals surface area contributed by atoms with Crippen molar-refractivity contribution in [1.82, 2.24) is 4.90 Å². The van der Waals surface area contributed by atoms with Gasteiger partial charge in [-0.25, -0.2) is 0 Å². The molecule has 1 aromatic carbocycles. The molecule has 0 bridgehead atoms. The first kappa shape index (κ1) is 15.1. The van der Waals surface area contributed by atoms with Crippen LogP contribution in [-0.4, -0.2) is 35.8 Å². The van der Waals surface area contributed by atoms with Crippen molar-refractivity contribution in [3.05, 3.63) is 29.8 Å². The SMILES string of the molecule is CC(C)CN1CC(C(=O)N2c3ccccc3CC2C)CC1=O. The topological polar surface area (TPSA) is 40.6 Å². The number of hydrogen-bond donors (Lipinski definition) is 0. The molecule has 0 radical (unpaired) electrons. The molecule has 2 unspecified atom stereocenters. The van der Waals surface area contributed by atoms with Crippen LogP contribution in [0.15, 0.2) is 24.3 Å². The number of nitrogens with zero attached hydrogens (tertiary/aromatic N) is 2. The van der Waals surface area contributed by atoms with E-state index in [0.29, 0.717) is 18.9 Å². The fourth-order valence-electron chi connectivity index (χ4n) is 3.65. The van der Waals surface area contributed by atoms with E-state index in [1.54, 1.807) is 0 Å². The molecule has 0 aliphatic carbocycles. The predicted octanol–water partition coefficient (Wildman–Crippen LogP) is 2.47. The Balaban J connectivity index is 1.76. The summed E-state index contributed by atoms with van der Waals surface area (Å²) in [6, 6.07) is 8.27. The Morgan fingerprint density at radius 1 is 1.27 bits per heavy atom. The van der Waals surface area contributed by atoms with Crippen LogP contribution in [0.2, 0.25) is 0 Å². The second-order valence-electron chi connectivity index (χ2n) is 6.98. The lowest BCUT2D eigenvalue weighted by Gasteiger charge is -2.26.